The molecule has 0 atom stereocenters. The summed E-state index contributed by atoms with van der Waals surface area (Å²) in [6, 6.07) is 10.1. The van der Waals surface area contributed by atoms with Gasteiger partial charge in [0.25, 0.3) is 5.91 Å². The minimum Gasteiger partial charge on any atom is -0.460 e. The molecule has 4 rings (SSSR count). The predicted molar refractivity (Wildman–Crippen MR) is 173 cm³/mol. The third-order valence-electron chi connectivity index (χ3n) is 7.00. The van der Waals surface area contributed by atoms with Crippen molar-refractivity contribution in [3.05, 3.63) is 59.8 Å². The number of aryl methyl sites for hydroxylation is 1. The van der Waals surface area contributed by atoms with Crippen LogP contribution in [0.15, 0.2) is 48.7 Å². The number of carbonyl (C=O) groups is 2. The number of hydrogen-bond donors (Lipinski definition) is 1. The minimum atomic E-state index is -4.43. The molecule has 2 aromatic carbocycles. The van der Waals surface area contributed by atoms with Crippen molar-refractivity contribution in [2.45, 2.75) is 45.4 Å². The van der Waals surface area contributed by atoms with E-state index in [4.69, 9.17) is 23.7 Å². The predicted octanol–water partition coefficient (Wildman–Crippen LogP) is 5.45. The number of aromatic nitrogens is 3. The summed E-state index contributed by atoms with van der Waals surface area (Å²) in [7, 11) is 1.76. The lowest BCUT2D eigenvalue weighted by molar-refractivity contribution is -0.155. The van der Waals surface area contributed by atoms with Gasteiger partial charge in [-0.05, 0) is 69.7 Å². The van der Waals surface area contributed by atoms with E-state index < -0.39 is 17.3 Å². The number of rotatable bonds is 18. The molecule has 0 aliphatic rings. The van der Waals surface area contributed by atoms with Gasteiger partial charge in [-0.3, -0.25) is 18.8 Å². The van der Waals surface area contributed by atoms with E-state index in [1.165, 1.54) is 12.1 Å². The number of halogens is 3. The van der Waals surface area contributed by atoms with Gasteiger partial charge in [-0.1, -0.05) is 0 Å². The van der Waals surface area contributed by atoms with Gasteiger partial charge < -0.3 is 29.0 Å². The van der Waals surface area contributed by atoms with E-state index in [1.807, 2.05) is 27.0 Å². The van der Waals surface area contributed by atoms with Gasteiger partial charge in [-0.15, -0.1) is 0 Å². The Morgan fingerprint density at radius 3 is 2.02 bits per heavy atom. The van der Waals surface area contributed by atoms with Gasteiger partial charge >= 0.3 is 12.1 Å². The number of nitrogens with one attached hydrogen (secondary N) is 1. The van der Waals surface area contributed by atoms with Crippen molar-refractivity contribution in [3.8, 4) is 5.69 Å². The Bertz CT molecular complexity index is 1640. The van der Waals surface area contributed by atoms with E-state index >= 15 is 0 Å². The van der Waals surface area contributed by atoms with Crippen molar-refractivity contribution in [3.63, 3.8) is 0 Å². The molecule has 0 aliphatic heterocycles. The van der Waals surface area contributed by atoms with Crippen LogP contribution in [-0.4, -0.2) is 91.2 Å². The van der Waals surface area contributed by atoms with Crippen LogP contribution in [0, 0.1) is 0 Å². The van der Waals surface area contributed by atoms with E-state index in [1.54, 1.807) is 34.5 Å². The highest BCUT2D eigenvalue weighted by atomic mass is 19.4. The number of amides is 1. The number of nitrogens with zero attached hydrogens (tertiary/aromatic N) is 3. The van der Waals surface area contributed by atoms with Crippen LogP contribution in [0.3, 0.4) is 0 Å². The highest BCUT2D eigenvalue weighted by Crippen LogP contribution is 2.34. The van der Waals surface area contributed by atoms with E-state index in [0.717, 1.165) is 28.4 Å². The first kappa shape index (κ1) is 36.8. The Morgan fingerprint density at radius 1 is 0.812 bits per heavy atom. The monoisotopic (exact) mass is 676 g/mol. The SMILES string of the molecule is Cn1cc2c3cc(C(=O)NCCOCCOCCOCCOCCCC(=O)OC(C)(C)C)ccc3n(-c3ccc(C(F)(F)F)cc3)c2n1. The molecular formula is C34H43F3N4O7. The molecule has 48 heavy (non-hydrogen) atoms. The van der Waals surface area contributed by atoms with Gasteiger partial charge in [-0.25, -0.2) is 0 Å². The lowest BCUT2D eigenvalue weighted by Crippen LogP contribution is -2.27. The van der Waals surface area contributed by atoms with Gasteiger partial charge in [0, 0.05) is 54.8 Å². The third kappa shape index (κ3) is 10.8. The van der Waals surface area contributed by atoms with E-state index in [-0.39, 0.29) is 11.9 Å². The first-order valence-electron chi connectivity index (χ1n) is 15.8. The van der Waals surface area contributed by atoms with Gasteiger partial charge in [-0.2, -0.15) is 18.3 Å². The quantitative estimate of drug-likeness (QED) is 0.109. The lowest BCUT2D eigenvalue weighted by atomic mass is 10.1. The summed E-state index contributed by atoms with van der Waals surface area (Å²) in [6.07, 6.45) is -1.70. The van der Waals surface area contributed by atoms with Crippen molar-refractivity contribution in [1.82, 2.24) is 19.7 Å². The molecule has 262 valence electrons. The molecule has 1 amide bonds. The van der Waals surface area contributed by atoms with E-state index in [0.29, 0.717) is 89.1 Å². The van der Waals surface area contributed by atoms with Crippen molar-refractivity contribution in [2.24, 2.45) is 7.05 Å². The van der Waals surface area contributed by atoms with Crippen LogP contribution in [-0.2, 0) is 41.7 Å². The van der Waals surface area contributed by atoms with Crippen molar-refractivity contribution < 1.29 is 46.4 Å². The highest BCUT2D eigenvalue weighted by Gasteiger charge is 2.30. The Balaban J connectivity index is 1.11. The maximum Gasteiger partial charge on any atom is 0.416 e. The molecule has 0 aliphatic carbocycles. The number of ether oxygens (including phenoxy) is 5. The van der Waals surface area contributed by atoms with E-state index in [2.05, 4.69) is 10.4 Å². The van der Waals surface area contributed by atoms with Crippen LogP contribution in [0.1, 0.15) is 49.5 Å². The molecule has 1 N–H and O–H groups in total. The first-order chi connectivity index (χ1) is 22.8. The largest absolute Gasteiger partial charge is 0.460 e. The molecule has 11 nitrogen and oxygen atoms in total. The topological polar surface area (TPSA) is 115 Å². The van der Waals surface area contributed by atoms with Crippen LogP contribution in [0.5, 0.6) is 0 Å². The molecule has 0 bridgehead atoms. The smallest absolute Gasteiger partial charge is 0.416 e. The fourth-order valence-electron chi connectivity index (χ4n) is 4.91. The van der Waals surface area contributed by atoms with Crippen LogP contribution >= 0.6 is 0 Å². The number of hydrogen-bond acceptors (Lipinski definition) is 8. The van der Waals surface area contributed by atoms with Gasteiger partial charge in [0.1, 0.15) is 5.60 Å². The number of carbonyl (C=O) groups excluding carboxylic acids is 2. The average Bonchev–Trinajstić information content (AvgIpc) is 3.53. The Hall–Kier alpha value is -3.98. The summed E-state index contributed by atoms with van der Waals surface area (Å²) in [4.78, 5) is 24.5. The molecule has 0 unspecified atom stereocenters. The molecular weight excluding hydrogens is 633 g/mol. The average molecular weight is 677 g/mol. The Labute approximate surface area is 277 Å². The molecule has 2 heterocycles. The standard InChI is InChI=1S/C34H43F3N4O7/c1-33(2,3)48-30(42)6-5-14-44-16-18-46-20-21-47-19-17-45-15-13-38-32(43)24-7-12-29-27(22-24)28-23-40(4)39-31(28)41(29)26-10-8-25(9-11-26)34(35,36)37/h7-12,22-23H,5-6,13-21H2,1-4H3,(H,38,43). The number of alkyl halides is 3. The van der Waals surface area contributed by atoms with Crippen LogP contribution < -0.4 is 5.32 Å². The molecule has 4 aromatic rings. The number of benzene rings is 2. The van der Waals surface area contributed by atoms with Crippen LogP contribution in [0.2, 0.25) is 0 Å². The highest BCUT2D eigenvalue weighted by molar-refractivity contribution is 6.10. The maximum absolute atomic E-state index is 13.1. The number of fused-ring (bicyclic) bond motifs is 3. The van der Waals surface area contributed by atoms with Crippen molar-refractivity contribution in [1.29, 1.82) is 0 Å². The summed E-state index contributed by atoms with van der Waals surface area (Å²) in [5.41, 5.74) is 1.05. The number of esters is 1. The fraction of sp³-hybridized carbons (Fsp3) is 0.500. The third-order valence-corrected chi connectivity index (χ3v) is 7.00. The second kappa shape index (κ2) is 16.9. The Kier molecular flexibility index (Phi) is 13.0. The molecule has 0 fully saturated rings. The van der Waals surface area contributed by atoms with Crippen molar-refractivity contribution in [2.75, 3.05) is 59.4 Å². The summed E-state index contributed by atoms with van der Waals surface area (Å²) < 4.78 is 69.9. The van der Waals surface area contributed by atoms with Gasteiger partial charge in [0.2, 0.25) is 0 Å². The molecule has 0 saturated carbocycles. The first-order valence-corrected chi connectivity index (χ1v) is 15.8. The van der Waals surface area contributed by atoms with Crippen LogP contribution in [0.4, 0.5) is 13.2 Å². The summed E-state index contributed by atoms with van der Waals surface area (Å²) in [5.74, 6) is -0.508. The zero-order valence-corrected chi connectivity index (χ0v) is 27.7. The van der Waals surface area contributed by atoms with Crippen molar-refractivity contribution >= 4 is 33.8 Å². The lowest BCUT2D eigenvalue weighted by Gasteiger charge is -2.19. The zero-order chi connectivity index (χ0) is 34.7. The second-order valence-electron chi connectivity index (χ2n) is 12.0. The molecule has 2 aromatic heterocycles. The summed E-state index contributed by atoms with van der Waals surface area (Å²) in [6.45, 7) is 9.00. The Morgan fingerprint density at radius 2 is 1.42 bits per heavy atom. The van der Waals surface area contributed by atoms with Crippen LogP contribution in [0.25, 0.3) is 27.6 Å². The zero-order valence-electron chi connectivity index (χ0n) is 27.7. The summed E-state index contributed by atoms with van der Waals surface area (Å²) in [5, 5.41) is 8.88. The molecule has 0 radical (unpaired) electrons. The van der Waals surface area contributed by atoms with E-state index in [9.17, 15) is 22.8 Å². The molecule has 14 heteroatoms. The second-order valence-corrected chi connectivity index (χ2v) is 12.0. The normalized spacial score (nSPS) is 12.2. The maximum atomic E-state index is 13.1. The fourth-order valence-corrected chi connectivity index (χ4v) is 4.91. The van der Waals surface area contributed by atoms with Gasteiger partial charge in [0.15, 0.2) is 5.65 Å². The van der Waals surface area contributed by atoms with Gasteiger partial charge in [0.05, 0.1) is 57.3 Å². The summed E-state index contributed by atoms with van der Waals surface area (Å²) >= 11 is 0. The molecule has 0 spiro atoms. The minimum absolute atomic E-state index is 0.231. The molecule has 0 saturated heterocycles.